The average molecular weight is 392 g/mol. The van der Waals surface area contributed by atoms with Gasteiger partial charge in [0, 0.05) is 24.6 Å². The number of rotatable bonds is 5. The third-order valence-corrected chi connectivity index (χ3v) is 5.39. The van der Waals surface area contributed by atoms with Gasteiger partial charge in [0.2, 0.25) is 0 Å². The van der Waals surface area contributed by atoms with Gasteiger partial charge in [-0.1, -0.05) is 30.3 Å². The predicted molar refractivity (Wildman–Crippen MR) is 111 cm³/mol. The molecule has 2 aromatic carbocycles. The lowest BCUT2D eigenvalue weighted by Gasteiger charge is -2.30. The van der Waals surface area contributed by atoms with Crippen LogP contribution in [0.2, 0.25) is 0 Å². The molecule has 0 saturated heterocycles. The fraction of sp³-hybridized carbons (Fsp3) is 0.273. The Morgan fingerprint density at radius 1 is 1.28 bits per heavy atom. The maximum Gasteiger partial charge on any atom is 0.303 e. The molecule has 150 valence electrons. The van der Waals surface area contributed by atoms with E-state index in [2.05, 4.69) is 10.4 Å². The number of nitrogens with zero attached hydrogens (tertiary/aromatic N) is 3. The maximum absolute atomic E-state index is 11.3. The number of nitrogens with one attached hydrogen (secondary N) is 1. The number of aromatic nitrogens is 2. The van der Waals surface area contributed by atoms with E-state index in [4.69, 9.17) is 5.11 Å². The molecule has 1 aliphatic heterocycles. The van der Waals surface area contributed by atoms with Crippen LogP contribution >= 0.6 is 0 Å². The van der Waals surface area contributed by atoms with Gasteiger partial charge in [0.05, 0.1) is 24.1 Å². The first-order chi connectivity index (χ1) is 13.9. The van der Waals surface area contributed by atoms with Crippen LogP contribution in [0.1, 0.15) is 34.9 Å². The molecular formula is C22H24N4O3. The molecule has 1 aliphatic rings. The monoisotopic (exact) mass is 392 g/mol. The second-order valence-corrected chi connectivity index (χ2v) is 7.37. The number of fused-ring (bicyclic) bond motifs is 2. The molecule has 1 aromatic heterocycles. The summed E-state index contributed by atoms with van der Waals surface area (Å²) in [6.07, 6.45) is 1.54. The molecule has 1 unspecified atom stereocenters. The summed E-state index contributed by atoms with van der Waals surface area (Å²) in [7, 11) is 1.89. The molecule has 0 saturated carbocycles. The fourth-order valence-corrected chi connectivity index (χ4v) is 3.79. The van der Waals surface area contributed by atoms with E-state index >= 15 is 0 Å². The summed E-state index contributed by atoms with van der Waals surface area (Å²) < 4.78 is 1.80. The van der Waals surface area contributed by atoms with Crippen molar-refractivity contribution >= 4 is 23.2 Å². The molecule has 3 aromatic rings. The highest BCUT2D eigenvalue weighted by Gasteiger charge is 2.27. The van der Waals surface area contributed by atoms with Gasteiger partial charge < -0.3 is 20.4 Å². The molecule has 3 N–H and O–H groups in total. The van der Waals surface area contributed by atoms with E-state index in [1.54, 1.807) is 4.68 Å². The first-order valence-electron chi connectivity index (χ1n) is 9.57. The summed E-state index contributed by atoms with van der Waals surface area (Å²) in [4.78, 5) is 12.8. The zero-order valence-electron chi connectivity index (χ0n) is 16.5. The maximum atomic E-state index is 11.3. The quantitative estimate of drug-likeness (QED) is 0.616. The molecule has 0 amide bonds. The summed E-state index contributed by atoms with van der Waals surface area (Å²) in [5.74, 6) is 0.0989. The number of para-hydroxylation sites is 2. The van der Waals surface area contributed by atoms with E-state index < -0.39 is 12.2 Å². The zero-order valence-corrected chi connectivity index (χ0v) is 16.5. The van der Waals surface area contributed by atoms with E-state index in [0.29, 0.717) is 13.0 Å². The molecule has 0 aliphatic carbocycles. The first-order valence-corrected chi connectivity index (χ1v) is 9.57. The van der Waals surface area contributed by atoms with Crippen molar-refractivity contribution in [2.24, 2.45) is 7.05 Å². The zero-order chi connectivity index (χ0) is 20.5. The molecule has 0 radical (unpaired) electrons. The molecule has 0 bridgehead atoms. The van der Waals surface area contributed by atoms with Crippen LogP contribution in [-0.4, -0.2) is 26.0 Å². The number of hydrogen-bond donors (Lipinski definition) is 3. The minimum absolute atomic E-state index is 0.0949. The smallest absolute Gasteiger partial charge is 0.303 e. The van der Waals surface area contributed by atoms with Gasteiger partial charge in [0.25, 0.3) is 0 Å². The van der Waals surface area contributed by atoms with Gasteiger partial charge in [-0.2, -0.15) is 5.10 Å². The summed E-state index contributed by atoms with van der Waals surface area (Å²) >= 11 is 0. The van der Waals surface area contributed by atoms with E-state index in [1.807, 2.05) is 67.5 Å². The highest BCUT2D eigenvalue weighted by Crippen LogP contribution is 2.39. The number of aliphatic hydroxyl groups excluding tert-OH is 1. The number of carboxylic acid groups (broad SMARTS) is 1. The van der Waals surface area contributed by atoms with Gasteiger partial charge in [-0.05, 0) is 36.6 Å². The number of carboxylic acids is 1. The summed E-state index contributed by atoms with van der Waals surface area (Å²) in [6, 6.07) is 13.6. The lowest BCUT2D eigenvalue weighted by atomic mass is 10.00. The molecule has 1 atom stereocenters. The summed E-state index contributed by atoms with van der Waals surface area (Å²) in [5.41, 5.74) is 5.54. The van der Waals surface area contributed by atoms with Crippen molar-refractivity contribution in [3.63, 3.8) is 0 Å². The van der Waals surface area contributed by atoms with E-state index in [-0.39, 0.29) is 6.42 Å². The van der Waals surface area contributed by atoms with Crippen molar-refractivity contribution in [1.29, 1.82) is 0 Å². The highest BCUT2D eigenvalue weighted by molar-refractivity contribution is 5.78. The topological polar surface area (TPSA) is 90.6 Å². The largest absolute Gasteiger partial charge is 0.481 e. The Morgan fingerprint density at radius 2 is 2.07 bits per heavy atom. The van der Waals surface area contributed by atoms with Gasteiger partial charge in [0.1, 0.15) is 5.82 Å². The molecule has 0 fully saturated rings. The SMILES string of the molecule is Cc1cc(C(O)N2Cc3cnn(C)c3Nc3ccccc32)ccc1CCC(=O)O. The number of benzene rings is 2. The van der Waals surface area contributed by atoms with Crippen molar-refractivity contribution in [1.82, 2.24) is 9.78 Å². The van der Waals surface area contributed by atoms with Crippen LogP contribution in [0.3, 0.4) is 0 Å². The Bertz CT molecular complexity index is 1060. The molecule has 29 heavy (non-hydrogen) atoms. The predicted octanol–water partition coefficient (Wildman–Crippen LogP) is 3.50. The number of carbonyl (C=O) groups is 1. The van der Waals surface area contributed by atoms with Gasteiger partial charge in [-0.15, -0.1) is 0 Å². The van der Waals surface area contributed by atoms with E-state index in [9.17, 15) is 9.90 Å². The number of aryl methyl sites for hydroxylation is 3. The minimum Gasteiger partial charge on any atom is -0.481 e. The molecule has 7 heteroatoms. The second-order valence-electron chi connectivity index (χ2n) is 7.37. The van der Waals surface area contributed by atoms with Crippen molar-refractivity contribution < 1.29 is 15.0 Å². The van der Waals surface area contributed by atoms with Crippen LogP contribution in [0.15, 0.2) is 48.7 Å². The van der Waals surface area contributed by atoms with Crippen molar-refractivity contribution in [2.75, 3.05) is 10.2 Å². The Kier molecular flexibility index (Phi) is 4.98. The summed E-state index contributed by atoms with van der Waals surface area (Å²) in [5, 5.41) is 27.9. The Balaban J connectivity index is 1.68. The number of hydrogen-bond acceptors (Lipinski definition) is 5. The molecule has 7 nitrogen and oxygen atoms in total. The normalized spacial score (nSPS) is 13.8. The minimum atomic E-state index is -0.851. The van der Waals surface area contributed by atoms with Crippen LogP contribution in [0.25, 0.3) is 0 Å². The van der Waals surface area contributed by atoms with Crippen LogP contribution in [0, 0.1) is 6.92 Å². The van der Waals surface area contributed by atoms with Crippen LogP contribution in [-0.2, 0) is 24.8 Å². The van der Waals surface area contributed by atoms with Gasteiger partial charge in [-0.25, -0.2) is 0 Å². The van der Waals surface area contributed by atoms with Crippen molar-refractivity contribution in [3.05, 3.63) is 70.9 Å². The highest BCUT2D eigenvalue weighted by atomic mass is 16.4. The van der Waals surface area contributed by atoms with Crippen LogP contribution < -0.4 is 10.2 Å². The molecule has 2 heterocycles. The Morgan fingerprint density at radius 3 is 2.83 bits per heavy atom. The summed E-state index contributed by atoms with van der Waals surface area (Å²) in [6.45, 7) is 2.46. The molecule has 4 rings (SSSR count). The van der Waals surface area contributed by atoms with Gasteiger partial charge in [-0.3, -0.25) is 9.48 Å². The molecule has 0 spiro atoms. The third kappa shape index (κ3) is 3.69. The Hall–Kier alpha value is -3.32. The average Bonchev–Trinajstić information content (AvgIpc) is 2.95. The lowest BCUT2D eigenvalue weighted by Crippen LogP contribution is -2.27. The van der Waals surface area contributed by atoms with Crippen LogP contribution in [0.4, 0.5) is 17.2 Å². The number of aliphatic hydroxyl groups is 1. The number of anilines is 3. The lowest BCUT2D eigenvalue weighted by molar-refractivity contribution is -0.136. The fourth-order valence-electron chi connectivity index (χ4n) is 3.79. The van der Waals surface area contributed by atoms with Gasteiger partial charge >= 0.3 is 5.97 Å². The number of aliphatic carboxylic acids is 1. The Labute approximate surface area is 169 Å². The third-order valence-electron chi connectivity index (χ3n) is 5.39. The van der Waals surface area contributed by atoms with Crippen molar-refractivity contribution in [2.45, 2.75) is 32.5 Å². The standard InChI is InChI=1S/C22H24N4O3/c1-14-11-16(8-7-15(14)9-10-20(27)28)22(29)26-13-17-12-23-25(2)21(17)24-18-5-3-4-6-19(18)26/h3-8,11-12,22,24,29H,9-10,13H2,1-2H3,(H,27,28). The van der Waals surface area contributed by atoms with Crippen molar-refractivity contribution in [3.8, 4) is 0 Å². The van der Waals surface area contributed by atoms with E-state index in [1.165, 1.54) is 0 Å². The van der Waals surface area contributed by atoms with Crippen LogP contribution in [0.5, 0.6) is 0 Å². The van der Waals surface area contributed by atoms with Gasteiger partial charge in [0.15, 0.2) is 6.23 Å². The van der Waals surface area contributed by atoms with E-state index in [0.717, 1.165) is 39.4 Å². The molecular weight excluding hydrogens is 368 g/mol. The second kappa shape index (κ2) is 7.60. The first kappa shape index (κ1) is 19.0.